The zero-order valence-electron chi connectivity index (χ0n) is 11.6. The molecule has 0 spiro atoms. The molecule has 1 fully saturated rings. The topological polar surface area (TPSA) is 23.5 Å². The second-order valence-corrected chi connectivity index (χ2v) is 5.23. The predicted octanol–water partition coefficient (Wildman–Crippen LogP) is 3.10. The fraction of sp³-hybridized carbons (Fsp3) is 0.412. The number of likely N-dealkylation sites (tertiary alicyclic amines) is 1. The minimum atomic E-state index is -0.342. The van der Waals surface area contributed by atoms with E-state index in [9.17, 15) is 5.11 Å². The van der Waals surface area contributed by atoms with Crippen LogP contribution in [0.15, 0.2) is 48.6 Å². The maximum absolute atomic E-state index is 9.98. The lowest BCUT2D eigenvalue weighted by Crippen LogP contribution is -2.28. The lowest BCUT2D eigenvalue weighted by atomic mass is 10.1. The van der Waals surface area contributed by atoms with Crippen LogP contribution in [0.5, 0.6) is 0 Å². The number of nitrogens with zero attached hydrogens (tertiary/aromatic N) is 1. The molecular weight excluding hydrogens is 234 g/mol. The van der Waals surface area contributed by atoms with Crippen molar-refractivity contribution in [3.05, 3.63) is 54.1 Å². The third kappa shape index (κ3) is 4.66. The highest BCUT2D eigenvalue weighted by Gasteiger charge is 2.22. The van der Waals surface area contributed by atoms with Gasteiger partial charge in [-0.15, -0.1) is 0 Å². The van der Waals surface area contributed by atoms with Crippen molar-refractivity contribution in [2.24, 2.45) is 0 Å². The van der Waals surface area contributed by atoms with Crippen LogP contribution in [-0.4, -0.2) is 35.7 Å². The van der Waals surface area contributed by atoms with Crippen LogP contribution in [-0.2, 0) is 0 Å². The molecule has 1 aromatic rings. The SMILES string of the molecule is CN1CCC[C@@H]1C[C@@H](O)/C=C/C=C\c1ccccc1. The van der Waals surface area contributed by atoms with Crippen LogP contribution in [0.1, 0.15) is 24.8 Å². The number of hydrogen-bond donors (Lipinski definition) is 1. The van der Waals surface area contributed by atoms with Gasteiger partial charge >= 0.3 is 0 Å². The summed E-state index contributed by atoms with van der Waals surface area (Å²) in [5.41, 5.74) is 1.18. The standard InChI is InChI=1S/C17H23NO/c1-18-13-7-11-16(18)14-17(19)12-6-5-10-15-8-3-2-4-9-15/h2-6,8-10,12,16-17,19H,7,11,13-14H2,1H3/b10-5-,12-6+/t16-,17+/m1/s1. The second kappa shape index (κ2) is 7.27. The summed E-state index contributed by atoms with van der Waals surface area (Å²) in [6.45, 7) is 1.16. The lowest BCUT2D eigenvalue weighted by molar-refractivity contribution is 0.166. The molecular formula is C17H23NO. The number of aliphatic hydroxyl groups excluding tert-OH is 1. The van der Waals surface area contributed by atoms with Crippen molar-refractivity contribution in [2.45, 2.75) is 31.4 Å². The van der Waals surface area contributed by atoms with Gasteiger partial charge in [0.2, 0.25) is 0 Å². The van der Waals surface area contributed by atoms with Crippen LogP contribution in [0.2, 0.25) is 0 Å². The van der Waals surface area contributed by atoms with Crippen molar-refractivity contribution >= 4 is 6.08 Å². The molecule has 2 rings (SSSR count). The molecule has 102 valence electrons. The highest BCUT2D eigenvalue weighted by atomic mass is 16.3. The van der Waals surface area contributed by atoms with Crippen molar-refractivity contribution < 1.29 is 5.11 Å². The van der Waals surface area contributed by atoms with Crippen LogP contribution in [0, 0.1) is 0 Å². The Labute approximate surface area is 116 Å². The number of rotatable bonds is 5. The van der Waals surface area contributed by atoms with Crippen molar-refractivity contribution in [2.75, 3.05) is 13.6 Å². The maximum atomic E-state index is 9.98. The highest BCUT2D eigenvalue weighted by molar-refractivity contribution is 5.50. The fourth-order valence-electron chi connectivity index (χ4n) is 2.56. The van der Waals surface area contributed by atoms with E-state index in [0.29, 0.717) is 6.04 Å². The van der Waals surface area contributed by atoms with Crippen molar-refractivity contribution in [1.82, 2.24) is 4.90 Å². The Kier molecular flexibility index (Phi) is 5.37. The second-order valence-electron chi connectivity index (χ2n) is 5.23. The molecule has 0 unspecified atom stereocenters. The van der Waals surface area contributed by atoms with Gasteiger partial charge < -0.3 is 10.0 Å². The zero-order valence-corrected chi connectivity index (χ0v) is 11.6. The molecule has 0 aromatic heterocycles. The van der Waals surface area contributed by atoms with E-state index < -0.39 is 0 Å². The Morgan fingerprint density at radius 3 is 2.79 bits per heavy atom. The van der Waals surface area contributed by atoms with E-state index in [1.807, 2.05) is 42.5 Å². The minimum Gasteiger partial charge on any atom is -0.389 e. The average molecular weight is 257 g/mol. The van der Waals surface area contributed by atoms with Crippen molar-refractivity contribution in [3.63, 3.8) is 0 Å². The fourth-order valence-corrected chi connectivity index (χ4v) is 2.56. The number of hydrogen-bond acceptors (Lipinski definition) is 2. The summed E-state index contributed by atoms with van der Waals surface area (Å²) in [5.74, 6) is 0. The molecule has 1 aromatic carbocycles. The highest BCUT2D eigenvalue weighted by Crippen LogP contribution is 2.19. The smallest absolute Gasteiger partial charge is 0.0738 e. The maximum Gasteiger partial charge on any atom is 0.0738 e. The molecule has 1 heterocycles. The van der Waals surface area contributed by atoms with E-state index in [2.05, 4.69) is 24.1 Å². The molecule has 0 saturated carbocycles. The summed E-state index contributed by atoms with van der Waals surface area (Å²) in [4.78, 5) is 2.34. The predicted molar refractivity (Wildman–Crippen MR) is 80.9 cm³/mol. The Balaban J connectivity index is 1.77. The van der Waals surface area contributed by atoms with Crippen molar-refractivity contribution in [3.8, 4) is 0 Å². The molecule has 1 aliphatic heterocycles. The van der Waals surface area contributed by atoms with Gasteiger partial charge in [-0.2, -0.15) is 0 Å². The molecule has 1 aliphatic rings. The summed E-state index contributed by atoms with van der Waals surface area (Å²) < 4.78 is 0. The molecule has 1 saturated heterocycles. The third-order valence-electron chi connectivity index (χ3n) is 3.72. The Bertz CT molecular complexity index is 424. The van der Waals surface area contributed by atoms with Crippen LogP contribution in [0.4, 0.5) is 0 Å². The molecule has 0 amide bonds. The van der Waals surface area contributed by atoms with E-state index in [-0.39, 0.29) is 6.10 Å². The van der Waals surface area contributed by atoms with E-state index in [1.54, 1.807) is 0 Å². The summed E-state index contributed by atoms with van der Waals surface area (Å²) in [7, 11) is 2.14. The van der Waals surface area contributed by atoms with Gasteiger partial charge in [0, 0.05) is 6.04 Å². The Morgan fingerprint density at radius 2 is 2.11 bits per heavy atom. The van der Waals surface area contributed by atoms with Gasteiger partial charge in [-0.25, -0.2) is 0 Å². The first kappa shape index (κ1) is 14.0. The summed E-state index contributed by atoms with van der Waals surface area (Å²) >= 11 is 0. The average Bonchev–Trinajstić information content (AvgIpc) is 2.82. The van der Waals surface area contributed by atoms with E-state index in [0.717, 1.165) is 13.0 Å². The van der Waals surface area contributed by atoms with Gasteiger partial charge in [0.05, 0.1) is 6.10 Å². The van der Waals surface area contributed by atoms with E-state index in [1.165, 1.54) is 18.4 Å². The normalized spacial score (nSPS) is 22.5. The Hall–Kier alpha value is -1.38. The first-order chi connectivity index (χ1) is 9.25. The van der Waals surface area contributed by atoms with Crippen LogP contribution in [0.25, 0.3) is 6.08 Å². The molecule has 2 atom stereocenters. The number of aliphatic hydroxyl groups is 1. The molecule has 0 radical (unpaired) electrons. The van der Waals surface area contributed by atoms with Crippen LogP contribution in [0.3, 0.4) is 0 Å². The monoisotopic (exact) mass is 257 g/mol. The third-order valence-corrected chi connectivity index (χ3v) is 3.72. The molecule has 0 aliphatic carbocycles. The Morgan fingerprint density at radius 1 is 1.32 bits per heavy atom. The van der Waals surface area contributed by atoms with Crippen LogP contribution < -0.4 is 0 Å². The summed E-state index contributed by atoms with van der Waals surface area (Å²) in [5, 5.41) is 9.98. The van der Waals surface area contributed by atoms with Gasteiger partial charge in [0.25, 0.3) is 0 Å². The van der Waals surface area contributed by atoms with Crippen LogP contribution >= 0.6 is 0 Å². The molecule has 2 nitrogen and oxygen atoms in total. The summed E-state index contributed by atoms with van der Waals surface area (Å²) in [6, 6.07) is 10.7. The zero-order chi connectivity index (χ0) is 13.5. The minimum absolute atomic E-state index is 0.342. The van der Waals surface area contributed by atoms with E-state index >= 15 is 0 Å². The summed E-state index contributed by atoms with van der Waals surface area (Å²) in [6.07, 6.45) is 10.8. The van der Waals surface area contributed by atoms with Gasteiger partial charge in [0.15, 0.2) is 0 Å². The number of allylic oxidation sites excluding steroid dienone is 2. The van der Waals surface area contributed by atoms with E-state index in [4.69, 9.17) is 0 Å². The van der Waals surface area contributed by atoms with Gasteiger partial charge in [-0.1, -0.05) is 54.6 Å². The molecule has 0 bridgehead atoms. The van der Waals surface area contributed by atoms with Gasteiger partial charge in [-0.3, -0.25) is 0 Å². The van der Waals surface area contributed by atoms with Gasteiger partial charge in [-0.05, 0) is 38.4 Å². The van der Waals surface area contributed by atoms with Gasteiger partial charge in [0.1, 0.15) is 0 Å². The molecule has 1 N–H and O–H groups in total. The quantitative estimate of drug-likeness (QED) is 0.819. The first-order valence-corrected chi connectivity index (χ1v) is 7.04. The first-order valence-electron chi connectivity index (χ1n) is 7.04. The van der Waals surface area contributed by atoms with Crippen molar-refractivity contribution in [1.29, 1.82) is 0 Å². The molecule has 2 heteroatoms. The molecule has 19 heavy (non-hydrogen) atoms. The lowest BCUT2D eigenvalue weighted by Gasteiger charge is -2.20. The number of benzene rings is 1. The largest absolute Gasteiger partial charge is 0.389 e.